The van der Waals surface area contributed by atoms with Crippen LogP contribution < -0.4 is 15.0 Å². The second kappa shape index (κ2) is 5.71. The first kappa shape index (κ1) is 15.0. The maximum absolute atomic E-state index is 14.3. The number of aromatic nitrogens is 4. The number of aromatic amines is 1. The van der Waals surface area contributed by atoms with Gasteiger partial charge in [0.2, 0.25) is 0 Å². The molecule has 0 aliphatic heterocycles. The van der Waals surface area contributed by atoms with E-state index >= 15 is 0 Å². The molecule has 0 saturated carbocycles. The highest BCUT2D eigenvalue weighted by Gasteiger charge is 2.15. The van der Waals surface area contributed by atoms with Crippen LogP contribution in [0.4, 0.5) is 4.39 Å². The van der Waals surface area contributed by atoms with Crippen LogP contribution in [0, 0.1) is 12.7 Å². The van der Waals surface area contributed by atoms with Gasteiger partial charge in [0.15, 0.2) is 11.5 Å². The number of H-pyrrole nitrogens is 1. The summed E-state index contributed by atoms with van der Waals surface area (Å²) in [6.07, 6.45) is 1.44. The first-order chi connectivity index (χ1) is 11.0. The molecule has 3 rings (SSSR count). The lowest BCUT2D eigenvalue weighted by atomic mass is 10.2. The highest BCUT2D eigenvalue weighted by molar-refractivity contribution is 5.73. The van der Waals surface area contributed by atoms with Gasteiger partial charge >= 0.3 is 0 Å². The quantitative estimate of drug-likeness (QED) is 0.795. The van der Waals surface area contributed by atoms with Crippen LogP contribution in [-0.4, -0.2) is 33.5 Å². The van der Waals surface area contributed by atoms with Crippen molar-refractivity contribution in [1.82, 2.24) is 19.7 Å². The summed E-state index contributed by atoms with van der Waals surface area (Å²) in [7, 11) is 1.47. The van der Waals surface area contributed by atoms with Crippen molar-refractivity contribution in [3.63, 3.8) is 0 Å². The Bertz CT molecular complexity index is 909. The molecule has 3 aromatic rings. The van der Waals surface area contributed by atoms with Crippen molar-refractivity contribution in [2.75, 3.05) is 13.7 Å². The number of nitrogens with one attached hydrogen (secondary N) is 1. The standard InChI is InChI=1S/C15H15FN4O3/c1-4-23-15-17-13-10(14(21)18-15)7-20(19-13)12-8(2)5-9(22-3)6-11(12)16/h5-7H,4H2,1-3H3,(H,17,18,19,21). The molecule has 7 nitrogen and oxygen atoms in total. The van der Waals surface area contributed by atoms with E-state index in [1.807, 2.05) is 0 Å². The van der Waals surface area contributed by atoms with Crippen molar-refractivity contribution >= 4 is 11.0 Å². The molecule has 1 aromatic carbocycles. The number of methoxy groups -OCH3 is 1. The molecule has 2 heterocycles. The zero-order valence-corrected chi connectivity index (χ0v) is 12.9. The Hall–Kier alpha value is -2.90. The second-order valence-corrected chi connectivity index (χ2v) is 4.89. The summed E-state index contributed by atoms with van der Waals surface area (Å²) in [5, 5.41) is 4.44. The summed E-state index contributed by atoms with van der Waals surface area (Å²) in [6.45, 7) is 3.87. The molecule has 0 spiro atoms. The molecular weight excluding hydrogens is 303 g/mol. The van der Waals surface area contributed by atoms with E-state index in [-0.39, 0.29) is 22.7 Å². The summed E-state index contributed by atoms with van der Waals surface area (Å²) in [5.74, 6) is -0.0915. The summed E-state index contributed by atoms with van der Waals surface area (Å²) < 4.78 is 25.9. The number of rotatable bonds is 4. The zero-order chi connectivity index (χ0) is 16.6. The molecular formula is C15H15FN4O3. The van der Waals surface area contributed by atoms with E-state index in [9.17, 15) is 9.18 Å². The van der Waals surface area contributed by atoms with E-state index in [0.29, 0.717) is 17.9 Å². The number of hydrogen-bond acceptors (Lipinski definition) is 5. The summed E-state index contributed by atoms with van der Waals surface area (Å²) in [6, 6.07) is 3.04. The first-order valence-electron chi connectivity index (χ1n) is 7.00. The lowest BCUT2D eigenvalue weighted by molar-refractivity contribution is 0.313. The van der Waals surface area contributed by atoms with E-state index in [0.717, 1.165) is 0 Å². The number of ether oxygens (including phenoxy) is 2. The van der Waals surface area contributed by atoms with Gasteiger partial charge in [0.25, 0.3) is 11.6 Å². The normalized spacial score (nSPS) is 11.0. The van der Waals surface area contributed by atoms with E-state index in [4.69, 9.17) is 9.47 Å². The van der Waals surface area contributed by atoms with Crippen LogP contribution in [0.3, 0.4) is 0 Å². The molecule has 0 bridgehead atoms. The van der Waals surface area contributed by atoms with Gasteiger partial charge in [-0.3, -0.25) is 9.78 Å². The van der Waals surface area contributed by atoms with Crippen LogP contribution in [-0.2, 0) is 0 Å². The molecule has 0 fully saturated rings. The summed E-state index contributed by atoms with van der Waals surface area (Å²) in [4.78, 5) is 18.7. The molecule has 0 unspecified atom stereocenters. The lowest BCUT2D eigenvalue weighted by Crippen LogP contribution is -2.09. The van der Waals surface area contributed by atoms with Gasteiger partial charge in [-0.2, -0.15) is 4.98 Å². The van der Waals surface area contributed by atoms with Crippen molar-refractivity contribution in [2.24, 2.45) is 0 Å². The maximum Gasteiger partial charge on any atom is 0.298 e. The maximum atomic E-state index is 14.3. The Kier molecular flexibility index (Phi) is 3.73. The largest absolute Gasteiger partial charge is 0.497 e. The Morgan fingerprint density at radius 2 is 2.17 bits per heavy atom. The van der Waals surface area contributed by atoms with Gasteiger partial charge in [0.05, 0.1) is 13.7 Å². The Morgan fingerprint density at radius 1 is 1.39 bits per heavy atom. The number of halogens is 1. The fraction of sp³-hybridized carbons (Fsp3) is 0.267. The minimum Gasteiger partial charge on any atom is -0.497 e. The number of fused-ring (bicyclic) bond motifs is 1. The Labute approximate surface area is 130 Å². The first-order valence-corrected chi connectivity index (χ1v) is 7.00. The molecule has 1 N–H and O–H groups in total. The van der Waals surface area contributed by atoms with Crippen molar-refractivity contribution < 1.29 is 13.9 Å². The third kappa shape index (κ3) is 2.63. The van der Waals surface area contributed by atoms with Gasteiger partial charge in [-0.15, -0.1) is 5.10 Å². The van der Waals surface area contributed by atoms with Crippen LogP contribution in [0.5, 0.6) is 11.8 Å². The zero-order valence-electron chi connectivity index (χ0n) is 12.9. The molecule has 2 aromatic heterocycles. The molecule has 0 aliphatic carbocycles. The van der Waals surface area contributed by atoms with Crippen LogP contribution in [0.2, 0.25) is 0 Å². The third-order valence-corrected chi connectivity index (χ3v) is 3.34. The molecule has 0 atom stereocenters. The topological polar surface area (TPSA) is 82.0 Å². The Balaban J connectivity index is 2.18. The van der Waals surface area contributed by atoms with Gasteiger partial charge in [0.1, 0.15) is 16.8 Å². The minimum absolute atomic E-state index is 0.0853. The average molecular weight is 318 g/mol. The number of nitrogens with zero attached hydrogens (tertiary/aromatic N) is 3. The summed E-state index contributed by atoms with van der Waals surface area (Å²) >= 11 is 0. The van der Waals surface area contributed by atoms with Gasteiger partial charge in [-0.25, -0.2) is 9.07 Å². The predicted octanol–water partition coefficient (Wildman–Crippen LogP) is 1.96. The smallest absolute Gasteiger partial charge is 0.298 e. The van der Waals surface area contributed by atoms with E-state index in [2.05, 4.69) is 15.1 Å². The van der Waals surface area contributed by atoms with Gasteiger partial charge < -0.3 is 9.47 Å². The van der Waals surface area contributed by atoms with Crippen molar-refractivity contribution in [3.05, 3.63) is 40.1 Å². The van der Waals surface area contributed by atoms with Crippen LogP contribution in [0.15, 0.2) is 23.1 Å². The van der Waals surface area contributed by atoms with Gasteiger partial charge in [-0.1, -0.05) is 0 Å². The van der Waals surface area contributed by atoms with Crippen LogP contribution in [0.1, 0.15) is 12.5 Å². The molecule has 23 heavy (non-hydrogen) atoms. The van der Waals surface area contributed by atoms with Crippen molar-refractivity contribution in [2.45, 2.75) is 13.8 Å². The van der Waals surface area contributed by atoms with Crippen LogP contribution in [0.25, 0.3) is 16.7 Å². The molecule has 120 valence electrons. The molecule has 0 amide bonds. The van der Waals surface area contributed by atoms with Crippen molar-refractivity contribution in [1.29, 1.82) is 0 Å². The fourth-order valence-electron chi connectivity index (χ4n) is 2.33. The van der Waals surface area contributed by atoms with Gasteiger partial charge in [-0.05, 0) is 25.5 Å². The number of hydrogen-bond donors (Lipinski definition) is 1. The minimum atomic E-state index is -0.504. The molecule has 0 saturated heterocycles. The second-order valence-electron chi connectivity index (χ2n) is 4.89. The van der Waals surface area contributed by atoms with E-state index < -0.39 is 11.4 Å². The Morgan fingerprint density at radius 3 is 2.83 bits per heavy atom. The number of aryl methyl sites for hydroxylation is 1. The fourth-order valence-corrected chi connectivity index (χ4v) is 2.33. The third-order valence-electron chi connectivity index (χ3n) is 3.34. The number of benzene rings is 1. The SMILES string of the molecule is CCOc1nc2nn(-c3c(C)cc(OC)cc3F)cc2c(=O)[nH]1. The van der Waals surface area contributed by atoms with Gasteiger partial charge in [0, 0.05) is 12.3 Å². The average Bonchev–Trinajstić information content (AvgIpc) is 2.90. The summed E-state index contributed by atoms with van der Waals surface area (Å²) in [5.41, 5.74) is 0.653. The highest BCUT2D eigenvalue weighted by Crippen LogP contribution is 2.24. The monoisotopic (exact) mass is 318 g/mol. The molecule has 0 radical (unpaired) electrons. The molecule has 0 aliphatic rings. The van der Waals surface area contributed by atoms with E-state index in [1.54, 1.807) is 19.9 Å². The lowest BCUT2D eigenvalue weighted by Gasteiger charge is -2.09. The highest BCUT2D eigenvalue weighted by atomic mass is 19.1. The van der Waals surface area contributed by atoms with E-state index in [1.165, 1.54) is 24.1 Å². The predicted molar refractivity (Wildman–Crippen MR) is 81.9 cm³/mol. The molecule has 8 heteroatoms. The van der Waals surface area contributed by atoms with Crippen molar-refractivity contribution in [3.8, 4) is 17.4 Å². The van der Waals surface area contributed by atoms with Crippen LogP contribution >= 0.6 is 0 Å².